The number of rotatable bonds is 5. The second kappa shape index (κ2) is 8.97. The smallest absolute Gasteiger partial charge is 0.259 e. The van der Waals surface area contributed by atoms with Crippen LogP contribution in [0, 0.1) is 13.8 Å². The Labute approximate surface area is 205 Å². The molecule has 0 radical (unpaired) electrons. The standard InChI is InChI=1S/C24H25N7O3S/c1-13-18(20(34-29-13)21-14(2)26-30-35-21)24(32)31-11-16(12-31)22-27-28-23(33-22)19-17(9-6-10-25-19)15-7-4-3-5-8-15/h3-5,7-8,16-17,19,25H,6,9-12H2,1-2H3. The molecule has 2 fully saturated rings. The number of carbonyl (C=O) groups is 1. The molecule has 2 saturated heterocycles. The second-order valence-corrected chi connectivity index (χ2v) is 9.89. The van der Waals surface area contributed by atoms with Crippen LogP contribution in [0.3, 0.4) is 0 Å². The third-order valence-electron chi connectivity index (χ3n) is 6.86. The molecule has 6 rings (SSSR count). The topological polar surface area (TPSA) is 123 Å². The van der Waals surface area contributed by atoms with E-state index in [1.54, 1.807) is 11.8 Å². The van der Waals surface area contributed by atoms with Crippen molar-refractivity contribution < 1.29 is 13.7 Å². The maximum Gasteiger partial charge on any atom is 0.259 e. The van der Waals surface area contributed by atoms with E-state index in [1.807, 2.05) is 13.0 Å². The fourth-order valence-electron chi connectivity index (χ4n) is 4.92. The molecular formula is C24H25N7O3S. The minimum atomic E-state index is -0.124. The number of nitrogens with one attached hydrogen (secondary N) is 1. The molecule has 2 aliphatic rings. The highest BCUT2D eigenvalue weighted by Gasteiger charge is 2.40. The van der Waals surface area contributed by atoms with Crippen molar-refractivity contribution in [2.75, 3.05) is 19.6 Å². The maximum atomic E-state index is 13.3. The van der Waals surface area contributed by atoms with Crippen molar-refractivity contribution in [2.45, 2.75) is 44.6 Å². The normalized spacial score (nSPS) is 20.7. The van der Waals surface area contributed by atoms with Gasteiger partial charge < -0.3 is 19.2 Å². The molecule has 1 N–H and O–H groups in total. The zero-order chi connectivity index (χ0) is 23.9. The van der Waals surface area contributed by atoms with Gasteiger partial charge in [-0.3, -0.25) is 4.79 Å². The first kappa shape index (κ1) is 22.1. The average Bonchev–Trinajstić information content (AvgIpc) is 3.59. The number of likely N-dealkylation sites (tertiary alicyclic amines) is 1. The Hall–Kier alpha value is -3.44. The van der Waals surface area contributed by atoms with E-state index in [9.17, 15) is 4.79 Å². The largest absolute Gasteiger partial charge is 0.423 e. The lowest BCUT2D eigenvalue weighted by Gasteiger charge is -2.37. The van der Waals surface area contributed by atoms with Crippen molar-refractivity contribution in [1.82, 2.24) is 35.2 Å². The molecule has 2 atom stereocenters. The van der Waals surface area contributed by atoms with E-state index >= 15 is 0 Å². The van der Waals surface area contributed by atoms with Gasteiger partial charge in [0.25, 0.3) is 5.91 Å². The number of amides is 1. The van der Waals surface area contributed by atoms with Crippen LogP contribution in [0.1, 0.15) is 69.8 Å². The number of aryl methyl sites for hydroxylation is 2. The molecule has 0 saturated carbocycles. The molecule has 2 unspecified atom stereocenters. The highest BCUT2D eigenvalue weighted by molar-refractivity contribution is 7.09. The molecule has 10 nitrogen and oxygen atoms in total. The van der Waals surface area contributed by atoms with Gasteiger partial charge in [-0.05, 0) is 50.3 Å². The van der Waals surface area contributed by atoms with Gasteiger partial charge in [0.2, 0.25) is 11.8 Å². The molecule has 180 valence electrons. The lowest BCUT2D eigenvalue weighted by Crippen LogP contribution is -2.48. The quantitative estimate of drug-likeness (QED) is 0.446. The molecule has 5 heterocycles. The minimum absolute atomic E-state index is 0.00869. The lowest BCUT2D eigenvalue weighted by atomic mass is 9.85. The zero-order valence-electron chi connectivity index (χ0n) is 19.5. The van der Waals surface area contributed by atoms with Crippen LogP contribution in [0.4, 0.5) is 0 Å². The van der Waals surface area contributed by atoms with E-state index in [1.165, 1.54) is 17.1 Å². The SMILES string of the molecule is Cc1nnsc1-c1onc(C)c1C(=O)N1CC(c2nnc(C3NCCCC3c3ccccc3)o2)C1. The number of benzene rings is 1. The summed E-state index contributed by atoms with van der Waals surface area (Å²) in [5.41, 5.74) is 3.00. The molecular weight excluding hydrogens is 466 g/mol. The summed E-state index contributed by atoms with van der Waals surface area (Å²) in [4.78, 5) is 15.8. The molecule has 3 aromatic heterocycles. The number of nitrogens with zero attached hydrogens (tertiary/aromatic N) is 6. The van der Waals surface area contributed by atoms with Crippen LogP contribution in [0.2, 0.25) is 0 Å². The molecule has 0 aliphatic carbocycles. The highest BCUT2D eigenvalue weighted by Crippen LogP contribution is 2.38. The van der Waals surface area contributed by atoms with Crippen LogP contribution in [0.15, 0.2) is 39.3 Å². The molecule has 1 amide bonds. The predicted molar refractivity (Wildman–Crippen MR) is 127 cm³/mol. The third-order valence-corrected chi connectivity index (χ3v) is 7.69. The molecule has 35 heavy (non-hydrogen) atoms. The van der Waals surface area contributed by atoms with Crippen molar-refractivity contribution in [1.29, 1.82) is 0 Å². The van der Waals surface area contributed by atoms with Crippen LogP contribution < -0.4 is 5.32 Å². The number of piperidine rings is 1. The Bertz CT molecular complexity index is 1340. The van der Waals surface area contributed by atoms with E-state index in [0.29, 0.717) is 47.6 Å². The lowest BCUT2D eigenvalue weighted by molar-refractivity contribution is 0.0573. The van der Waals surface area contributed by atoms with Crippen LogP contribution >= 0.6 is 11.5 Å². The van der Waals surface area contributed by atoms with E-state index in [4.69, 9.17) is 8.94 Å². The highest BCUT2D eigenvalue weighted by atomic mass is 32.1. The number of hydrogen-bond donors (Lipinski definition) is 1. The second-order valence-electron chi connectivity index (χ2n) is 9.14. The molecule has 0 bridgehead atoms. The fourth-order valence-corrected chi connectivity index (χ4v) is 5.56. The summed E-state index contributed by atoms with van der Waals surface area (Å²) >= 11 is 1.19. The van der Waals surface area contributed by atoms with Crippen LogP contribution in [-0.4, -0.2) is 55.4 Å². The maximum absolute atomic E-state index is 13.3. The Balaban J connectivity index is 1.16. The summed E-state index contributed by atoms with van der Waals surface area (Å²) in [5.74, 6) is 1.79. The first-order valence-electron chi connectivity index (χ1n) is 11.8. The van der Waals surface area contributed by atoms with Crippen LogP contribution in [-0.2, 0) is 0 Å². The first-order valence-corrected chi connectivity index (χ1v) is 12.5. The Morgan fingerprint density at radius 3 is 2.66 bits per heavy atom. The summed E-state index contributed by atoms with van der Waals surface area (Å²) in [6.07, 6.45) is 2.18. The molecule has 4 aromatic rings. The third kappa shape index (κ3) is 3.94. The van der Waals surface area contributed by atoms with E-state index < -0.39 is 0 Å². The molecule has 1 aromatic carbocycles. The molecule has 11 heteroatoms. The summed E-state index contributed by atoms with van der Waals surface area (Å²) in [6, 6.07) is 10.5. The number of hydrogen-bond acceptors (Lipinski definition) is 10. The van der Waals surface area contributed by atoms with Gasteiger partial charge in [-0.15, -0.1) is 15.3 Å². The van der Waals surface area contributed by atoms with Gasteiger partial charge in [-0.2, -0.15) is 0 Å². The Kier molecular flexibility index (Phi) is 5.65. The Morgan fingerprint density at radius 1 is 1.09 bits per heavy atom. The predicted octanol–water partition coefficient (Wildman–Crippen LogP) is 3.64. The summed E-state index contributed by atoms with van der Waals surface area (Å²) in [6.45, 7) is 5.54. The fraction of sp³-hybridized carbons (Fsp3) is 0.417. The van der Waals surface area contributed by atoms with Crippen molar-refractivity contribution in [3.05, 3.63) is 64.6 Å². The zero-order valence-corrected chi connectivity index (χ0v) is 20.3. The van der Waals surface area contributed by atoms with Crippen molar-refractivity contribution in [3.8, 4) is 10.6 Å². The van der Waals surface area contributed by atoms with E-state index in [-0.39, 0.29) is 23.8 Å². The summed E-state index contributed by atoms with van der Waals surface area (Å²) in [7, 11) is 0. The van der Waals surface area contributed by atoms with Gasteiger partial charge >= 0.3 is 0 Å². The first-order chi connectivity index (χ1) is 17.1. The number of aromatic nitrogens is 5. The van der Waals surface area contributed by atoms with Crippen molar-refractivity contribution in [3.63, 3.8) is 0 Å². The summed E-state index contributed by atoms with van der Waals surface area (Å²) in [5, 5.41) is 20.3. The average molecular weight is 492 g/mol. The van der Waals surface area contributed by atoms with Crippen LogP contribution in [0.5, 0.6) is 0 Å². The van der Waals surface area contributed by atoms with Gasteiger partial charge in [0.15, 0.2) is 5.76 Å². The van der Waals surface area contributed by atoms with Crippen molar-refractivity contribution in [2.24, 2.45) is 0 Å². The summed E-state index contributed by atoms with van der Waals surface area (Å²) < 4.78 is 15.6. The van der Waals surface area contributed by atoms with Crippen LogP contribution in [0.25, 0.3) is 10.6 Å². The van der Waals surface area contributed by atoms with Crippen molar-refractivity contribution >= 4 is 17.4 Å². The van der Waals surface area contributed by atoms with Gasteiger partial charge in [-0.1, -0.05) is 40.0 Å². The van der Waals surface area contributed by atoms with Gasteiger partial charge in [0.05, 0.1) is 23.3 Å². The van der Waals surface area contributed by atoms with Gasteiger partial charge in [-0.25, -0.2) is 0 Å². The molecule has 0 spiro atoms. The van der Waals surface area contributed by atoms with Gasteiger partial charge in [0, 0.05) is 19.0 Å². The molecule has 2 aliphatic heterocycles. The minimum Gasteiger partial charge on any atom is -0.423 e. The van der Waals surface area contributed by atoms with E-state index in [0.717, 1.165) is 24.3 Å². The van der Waals surface area contributed by atoms with Gasteiger partial charge in [0.1, 0.15) is 10.4 Å². The van der Waals surface area contributed by atoms with E-state index in [2.05, 4.69) is 54.5 Å². The monoisotopic (exact) mass is 491 g/mol. The number of carbonyl (C=O) groups excluding carboxylic acids is 1. The Morgan fingerprint density at radius 2 is 1.89 bits per heavy atom.